The van der Waals surface area contributed by atoms with Gasteiger partial charge in [0, 0.05) is 32.7 Å². The summed E-state index contributed by atoms with van der Waals surface area (Å²) < 4.78 is 10.1. The van der Waals surface area contributed by atoms with Crippen LogP contribution in [-0.2, 0) is 15.9 Å². The van der Waals surface area contributed by atoms with Crippen LogP contribution in [0.4, 0.5) is 0 Å². The first-order valence-corrected chi connectivity index (χ1v) is 9.22. The van der Waals surface area contributed by atoms with Crippen LogP contribution in [0, 0.1) is 0 Å². The lowest BCUT2D eigenvalue weighted by Gasteiger charge is -2.25. The molecule has 0 spiro atoms. The zero-order chi connectivity index (χ0) is 18.6. The number of hydrogen-bond acceptors (Lipinski definition) is 5. The standard InChI is InChI=1S/C19H30N4O3/c1-3-20-19(22-10-11-23-12-14-26-15-13-23)21-9-8-16-4-6-17(7-5-16)18(24)25-2/h4-7H,3,8-15H2,1-2H3,(H2,20,21,22). The smallest absolute Gasteiger partial charge is 0.337 e. The molecule has 7 nitrogen and oxygen atoms in total. The molecule has 26 heavy (non-hydrogen) atoms. The van der Waals surface area contributed by atoms with Crippen molar-refractivity contribution in [2.24, 2.45) is 4.99 Å². The minimum atomic E-state index is -0.309. The highest BCUT2D eigenvalue weighted by atomic mass is 16.5. The van der Waals surface area contributed by atoms with Crippen LogP contribution in [0.2, 0.25) is 0 Å². The average molecular weight is 362 g/mol. The van der Waals surface area contributed by atoms with E-state index in [0.717, 1.165) is 70.4 Å². The summed E-state index contributed by atoms with van der Waals surface area (Å²) >= 11 is 0. The van der Waals surface area contributed by atoms with E-state index in [9.17, 15) is 4.79 Å². The molecule has 1 aliphatic heterocycles. The lowest BCUT2D eigenvalue weighted by Crippen LogP contribution is -2.40. The molecule has 0 amide bonds. The Balaban J connectivity index is 1.74. The fourth-order valence-electron chi connectivity index (χ4n) is 2.72. The van der Waals surface area contributed by atoms with E-state index in [1.807, 2.05) is 12.1 Å². The molecule has 1 heterocycles. The van der Waals surface area contributed by atoms with E-state index in [4.69, 9.17) is 9.47 Å². The van der Waals surface area contributed by atoms with Crippen LogP contribution in [0.5, 0.6) is 0 Å². The van der Waals surface area contributed by atoms with Crippen molar-refractivity contribution in [3.05, 3.63) is 35.4 Å². The molecule has 1 fully saturated rings. The molecule has 7 heteroatoms. The van der Waals surface area contributed by atoms with E-state index in [2.05, 4.69) is 27.4 Å². The molecule has 0 atom stereocenters. The highest BCUT2D eigenvalue weighted by Gasteiger charge is 2.09. The molecule has 1 aromatic rings. The van der Waals surface area contributed by atoms with E-state index in [-0.39, 0.29) is 5.97 Å². The number of guanidine groups is 1. The maximum absolute atomic E-state index is 11.4. The van der Waals surface area contributed by atoms with Gasteiger partial charge in [0.2, 0.25) is 0 Å². The Morgan fingerprint density at radius 2 is 1.96 bits per heavy atom. The van der Waals surface area contributed by atoms with Gasteiger partial charge in [-0.15, -0.1) is 0 Å². The fourth-order valence-corrected chi connectivity index (χ4v) is 2.72. The van der Waals surface area contributed by atoms with Gasteiger partial charge in [0.15, 0.2) is 5.96 Å². The van der Waals surface area contributed by atoms with Crippen molar-refractivity contribution in [2.75, 3.05) is 59.6 Å². The number of benzene rings is 1. The van der Waals surface area contributed by atoms with Gasteiger partial charge in [0.1, 0.15) is 0 Å². The van der Waals surface area contributed by atoms with Crippen LogP contribution in [0.25, 0.3) is 0 Å². The molecule has 2 N–H and O–H groups in total. The first-order valence-electron chi connectivity index (χ1n) is 9.22. The normalized spacial score (nSPS) is 15.5. The van der Waals surface area contributed by atoms with E-state index < -0.39 is 0 Å². The molecule has 0 aliphatic carbocycles. The Kier molecular flexibility index (Phi) is 8.92. The monoisotopic (exact) mass is 362 g/mol. The van der Waals surface area contributed by atoms with E-state index in [0.29, 0.717) is 5.56 Å². The molecule has 2 rings (SSSR count). The van der Waals surface area contributed by atoms with E-state index >= 15 is 0 Å². The topological polar surface area (TPSA) is 75.2 Å². The molecule has 0 unspecified atom stereocenters. The quantitative estimate of drug-likeness (QED) is 0.407. The second-order valence-electron chi connectivity index (χ2n) is 6.08. The lowest BCUT2D eigenvalue weighted by atomic mass is 10.1. The van der Waals surface area contributed by atoms with Crippen LogP contribution in [-0.4, -0.2) is 76.4 Å². The summed E-state index contributed by atoms with van der Waals surface area (Å²) in [6, 6.07) is 7.50. The van der Waals surface area contributed by atoms with Gasteiger partial charge in [-0.3, -0.25) is 9.89 Å². The highest BCUT2D eigenvalue weighted by Crippen LogP contribution is 2.06. The first-order chi connectivity index (χ1) is 12.7. The Labute approximate surface area is 155 Å². The zero-order valence-electron chi connectivity index (χ0n) is 15.8. The molecule has 0 bridgehead atoms. The maximum Gasteiger partial charge on any atom is 0.337 e. The van der Waals surface area contributed by atoms with Crippen LogP contribution < -0.4 is 10.6 Å². The third-order valence-corrected chi connectivity index (χ3v) is 4.22. The largest absolute Gasteiger partial charge is 0.465 e. The molecule has 1 aliphatic rings. The van der Waals surface area contributed by atoms with E-state index in [1.165, 1.54) is 7.11 Å². The Hall–Kier alpha value is -2.12. The number of carbonyl (C=O) groups excluding carboxylic acids is 1. The number of nitrogens with zero attached hydrogens (tertiary/aromatic N) is 2. The van der Waals surface area contributed by atoms with Crippen molar-refractivity contribution in [2.45, 2.75) is 13.3 Å². The summed E-state index contributed by atoms with van der Waals surface area (Å²) in [4.78, 5) is 18.5. The van der Waals surface area contributed by atoms with Gasteiger partial charge < -0.3 is 20.1 Å². The number of morpholine rings is 1. The number of methoxy groups -OCH3 is 1. The maximum atomic E-state index is 11.4. The number of esters is 1. The summed E-state index contributed by atoms with van der Waals surface area (Å²) in [5.41, 5.74) is 1.73. The van der Waals surface area contributed by atoms with Gasteiger partial charge in [-0.05, 0) is 31.0 Å². The van der Waals surface area contributed by atoms with Crippen molar-refractivity contribution in [1.29, 1.82) is 0 Å². The van der Waals surface area contributed by atoms with Crippen molar-refractivity contribution in [3.63, 3.8) is 0 Å². The van der Waals surface area contributed by atoms with Gasteiger partial charge in [-0.2, -0.15) is 0 Å². The van der Waals surface area contributed by atoms with Crippen molar-refractivity contribution in [1.82, 2.24) is 15.5 Å². The Morgan fingerprint density at radius 1 is 1.23 bits per heavy atom. The summed E-state index contributed by atoms with van der Waals surface area (Å²) in [6.07, 6.45) is 0.856. The van der Waals surface area contributed by atoms with Gasteiger partial charge in [-0.25, -0.2) is 4.79 Å². The second-order valence-corrected chi connectivity index (χ2v) is 6.08. The van der Waals surface area contributed by atoms with Crippen LogP contribution in [0.1, 0.15) is 22.8 Å². The van der Waals surface area contributed by atoms with Crippen molar-refractivity contribution < 1.29 is 14.3 Å². The number of nitrogens with one attached hydrogen (secondary N) is 2. The van der Waals surface area contributed by atoms with Gasteiger partial charge in [-0.1, -0.05) is 12.1 Å². The number of hydrogen-bond donors (Lipinski definition) is 2. The minimum absolute atomic E-state index is 0.309. The fraction of sp³-hybridized carbons (Fsp3) is 0.579. The van der Waals surface area contributed by atoms with Crippen LogP contribution in [0.15, 0.2) is 29.3 Å². The molecular formula is C19H30N4O3. The molecule has 1 aromatic carbocycles. The van der Waals surface area contributed by atoms with Crippen LogP contribution >= 0.6 is 0 Å². The average Bonchev–Trinajstić information content (AvgIpc) is 2.69. The predicted octanol–water partition coefficient (Wildman–Crippen LogP) is 0.903. The molecule has 0 saturated carbocycles. The minimum Gasteiger partial charge on any atom is -0.465 e. The van der Waals surface area contributed by atoms with Crippen LogP contribution in [0.3, 0.4) is 0 Å². The second kappa shape index (κ2) is 11.5. The molecule has 0 aromatic heterocycles. The van der Waals surface area contributed by atoms with Gasteiger partial charge >= 0.3 is 5.97 Å². The van der Waals surface area contributed by atoms with E-state index in [1.54, 1.807) is 12.1 Å². The first kappa shape index (κ1) is 20.2. The number of rotatable bonds is 8. The predicted molar refractivity (Wildman–Crippen MR) is 103 cm³/mol. The number of carbonyl (C=O) groups is 1. The third-order valence-electron chi connectivity index (χ3n) is 4.22. The van der Waals surface area contributed by atoms with Gasteiger partial charge in [0.25, 0.3) is 0 Å². The number of aliphatic imine (C=N–C) groups is 1. The molecular weight excluding hydrogens is 332 g/mol. The van der Waals surface area contributed by atoms with Crippen molar-refractivity contribution >= 4 is 11.9 Å². The Morgan fingerprint density at radius 3 is 2.62 bits per heavy atom. The molecule has 144 valence electrons. The molecule has 1 saturated heterocycles. The SMILES string of the molecule is CCNC(=NCCN1CCOCC1)NCCc1ccc(C(=O)OC)cc1. The summed E-state index contributed by atoms with van der Waals surface area (Å²) in [6.45, 7) is 9.00. The lowest BCUT2D eigenvalue weighted by molar-refractivity contribution is 0.0394. The third kappa shape index (κ3) is 7.01. The Bertz CT molecular complexity index is 569. The molecule has 0 radical (unpaired) electrons. The summed E-state index contributed by atoms with van der Waals surface area (Å²) in [5, 5.41) is 6.63. The zero-order valence-corrected chi connectivity index (χ0v) is 15.8. The van der Waals surface area contributed by atoms with Gasteiger partial charge in [0.05, 0.1) is 32.4 Å². The van der Waals surface area contributed by atoms with Crippen molar-refractivity contribution in [3.8, 4) is 0 Å². The summed E-state index contributed by atoms with van der Waals surface area (Å²) in [5.74, 6) is 0.531. The summed E-state index contributed by atoms with van der Waals surface area (Å²) in [7, 11) is 1.39. The highest BCUT2D eigenvalue weighted by molar-refractivity contribution is 5.89. The number of ether oxygens (including phenoxy) is 2.